The molecular formula is C29H30N2O4S2. The van der Waals surface area contributed by atoms with E-state index < -0.39 is 10.0 Å². The summed E-state index contributed by atoms with van der Waals surface area (Å²) in [7, 11) is -2.00. The van der Waals surface area contributed by atoms with Gasteiger partial charge in [0, 0.05) is 23.5 Å². The van der Waals surface area contributed by atoms with Gasteiger partial charge in [0.1, 0.15) is 9.96 Å². The number of carbonyl (C=O) groups is 1. The summed E-state index contributed by atoms with van der Waals surface area (Å²) in [4.78, 5) is 13.3. The van der Waals surface area contributed by atoms with E-state index in [4.69, 9.17) is 4.74 Å². The fraction of sp³-hybridized carbons (Fsp3) is 0.276. The molecule has 37 heavy (non-hydrogen) atoms. The highest BCUT2D eigenvalue weighted by molar-refractivity contribution is 7.91. The summed E-state index contributed by atoms with van der Waals surface area (Å²) in [5.41, 5.74) is 1.83. The molecule has 2 heterocycles. The number of ether oxygens (including phenoxy) is 1. The first-order chi connectivity index (χ1) is 17.9. The Bertz CT molecular complexity index is 1500. The minimum Gasteiger partial charge on any atom is -0.497 e. The van der Waals surface area contributed by atoms with Gasteiger partial charge in [-0.2, -0.15) is 4.31 Å². The number of nitrogens with zero attached hydrogens (tertiary/aromatic N) is 1. The second kappa shape index (κ2) is 11.0. The number of rotatable bonds is 8. The Balaban J connectivity index is 1.17. The first kappa shape index (κ1) is 25.4. The first-order valence-corrected chi connectivity index (χ1v) is 14.7. The van der Waals surface area contributed by atoms with Crippen LogP contribution in [0.3, 0.4) is 0 Å². The van der Waals surface area contributed by atoms with Crippen LogP contribution in [-0.4, -0.2) is 38.8 Å². The van der Waals surface area contributed by atoms with E-state index in [2.05, 4.69) is 47.8 Å². The highest BCUT2D eigenvalue weighted by Crippen LogP contribution is 2.31. The predicted molar refractivity (Wildman–Crippen MR) is 148 cm³/mol. The van der Waals surface area contributed by atoms with E-state index in [9.17, 15) is 13.2 Å². The average molecular weight is 535 g/mol. The molecule has 3 aromatic carbocycles. The van der Waals surface area contributed by atoms with Crippen LogP contribution in [0.15, 0.2) is 83.1 Å². The zero-order valence-corrected chi connectivity index (χ0v) is 22.4. The molecule has 0 spiro atoms. The van der Waals surface area contributed by atoms with Crippen LogP contribution in [0.5, 0.6) is 5.75 Å². The van der Waals surface area contributed by atoms with E-state index >= 15 is 0 Å². The molecule has 0 saturated carbocycles. The van der Waals surface area contributed by atoms with Crippen molar-refractivity contribution in [3.05, 3.63) is 94.9 Å². The van der Waals surface area contributed by atoms with Gasteiger partial charge in [-0.05, 0) is 71.8 Å². The van der Waals surface area contributed by atoms with Crippen molar-refractivity contribution >= 4 is 38.0 Å². The Morgan fingerprint density at radius 1 is 1.00 bits per heavy atom. The molecule has 1 aromatic heterocycles. The van der Waals surface area contributed by atoms with Crippen LogP contribution < -0.4 is 10.1 Å². The van der Waals surface area contributed by atoms with E-state index in [0.717, 1.165) is 24.1 Å². The fourth-order valence-corrected chi connectivity index (χ4v) is 7.81. The molecule has 5 rings (SSSR count). The molecule has 4 aromatic rings. The number of piperidine rings is 1. The van der Waals surface area contributed by atoms with Crippen LogP contribution in [-0.2, 0) is 23.0 Å². The Labute approximate surface area is 221 Å². The molecule has 1 fully saturated rings. The summed E-state index contributed by atoms with van der Waals surface area (Å²) >= 11 is 1.21. The molecule has 8 heteroatoms. The van der Waals surface area contributed by atoms with Crippen molar-refractivity contribution in [3.63, 3.8) is 0 Å². The summed E-state index contributed by atoms with van der Waals surface area (Å²) in [6.45, 7) is 1.32. The van der Waals surface area contributed by atoms with Crippen molar-refractivity contribution in [2.45, 2.75) is 30.0 Å². The molecule has 1 aliphatic heterocycles. The van der Waals surface area contributed by atoms with Crippen molar-refractivity contribution < 1.29 is 17.9 Å². The van der Waals surface area contributed by atoms with Gasteiger partial charge in [-0.15, -0.1) is 11.3 Å². The van der Waals surface area contributed by atoms with E-state index in [1.54, 1.807) is 47.8 Å². The van der Waals surface area contributed by atoms with Crippen LogP contribution >= 0.6 is 11.3 Å². The number of sulfonamides is 1. The monoisotopic (exact) mass is 534 g/mol. The summed E-state index contributed by atoms with van der Waals surface area (Å²) in [5, 5.41) is 5.39. The molecule has 0 unspecified atom stereocenters. The number of amides is 1. The largest absolute Gasteiger partial charge is 0.497 e. The summed E-state index contributed by atoms with van der Waals surface area (Å²) in [6, 6.07) is 25.2. The van der Waals surface area contributed by atoms with Gasteiger partial charge < -0.3 is 10.1 Å². The number of benzene rings is 3. The Kier molecular flexibility index (Phi) is 7.60. The molecular weight excluding hydrogens is 504 g/mol. The Hall–Kier alpha value is -3.20. The molecule has 1 N–H and O–H groups in total. The first-order valence-electron chi connectivity index (χ1n) is 12.4. The lowest BCUT2D eigenvalue weighted by atomic mass is 9.89. The molecule has 0 radical (unpaired) electrons. The van der Waals surface area contributed by atoms with Crippen molar-refractivity contribution in [1.29, 1.82) is 0 Å². The lowest BCUT2D eigenvalue weighted by molar-refractivity contribution is 0.0951. The highest BCUT2D eigenvalue weighted by Gasteiger charge is 2.30. The van der Waals surface area contributed by atoms with Crippen LogP contribution in [0.4, 0.5) is 0 Å². The minimum absolute atomic E-state index is 0.232. The molecule has 1 amide bonds. The van der Waals surface area contributed by atoms with Gasteiger partial charge in [0.25, 0.3) is 15.9 Å². The maximum absolute atomic E-state index is 13.3. The topological polar surface area (TPSA) is 75.7 Å². The van der Waals surface area contributed by atoms with Crippen molar-refractivity contribution in [1.82, 2.24) is 9.62 Å². The van der Waals surface area contributed by atoms with Crippen molar-refractivity contribution in [2.75, 3.05) is 20.2 Å². The summed E-state index contributed by atoms with van der Waals surface area (Å²) in [6.07, 6.45) is 2.65. The number of methoxy groups -OCH3 is 1. The lowest BCUT2D eigenvalue weighted by Gasteiger charge is -2.31. The van der Waals surface area contributed by atoms with Crippen LogP contribution in [0.2, 0.25) is 0 Å². The van der Waals surface area contributed by atoms with Crippen molar-refractivity contribution in [3.8, 4) is 5.75 Å². The number of fused-ring (bicyclic) bond motifs is 1. The third-order valence-electron chi connectivity index (χ3n) is 6.95. The number of hydrogen-bond acceptors (Lipinski definition) is 5. The fourth-order valence-electron chi connectivity index (χ4n) is 4.89. The van der Waals surface area contributed by atoms with Gasteiger partial charge in [0.05, 0.1) is 13.7 Å². The maximum atomic E-state index is 13.3. The summed E-state index contributed by atoms with van der Waals surface area (Å²) < 4.78 is 33.7. The molecule has 0 aliphatic carbocycles. The van der Waals surface area contributed by atoms with Crippen LogP contribution in [0, 0.1) is 5.92 Å². The average Bonchev–Trinajstić information content (AvgIpc) is 3.42. The smallest absolute Gasteiger partial charge is 0.252 e. The van der Waals surface area contributed by atoms with E-state index in [1.807, 2.05) is 0 Å². The Morgan fingerprint density at radius 2 is 1.76 bits per heavy atom. The zero-order chi connectivity index (χ0) is 25.8. The normalized spacial score (nSPS) is 15.1. The van der Waals surface area contributed by atoms with Gasteiger partial charge in [0.15, 0.2) is 0 Å². The standard InChI is InChI=1S/C29H30N2O4S2/c1-35-25-10-5-9-24(19-25)29(32)30-20-26-12-13-28(36-26)37(33,34)31-16-14-21(15-17-31)18-23-8-4-7-22-6-2-3-11-27(22)23/h2-13,19,21H,14-18,20H2,1H3,(H,30,32). The molecule has 1 saturated heterocycles. The maximum Gasteiger partial charge on any atom is 0.252 e. The highest BCUT2D eigenvalue weighted by atomic mass is 32.2. The number of carbonyl (C=O) groups excluding carboxylic acids is 1. The molecule has 192 valence electrons. The van der Waals surface area contributed by atoms with E-state index in [-0.39, 0.29) is 12.5 Å². The predicted octanol–water partition coefficient (Wildman–Crippen LogP) is 5.48. The zero-order valence-electron chi connectivity index (χ0n) is 20.7. The van der Waals surface area contributed by atoms with Gasteiger partial charge in [-0.1, -0.05) is 48.5 Å². The van der Waals surface area contributed by atoms with Crippen molar-refractivity contribution in [2.24, 2.45) is 5.92 Å². The van der Waals surface area contributed by atoms with E-state index in [1.165, 1.54) is 27.7 Å². The number of thiophene rings is 1. The number of hydrogen-bond donors (Lipinski definition) is 1. The van der Waals surface area contributed by atoms with Gasteiger partial charge in [0.2, 0.25) is 0 Å². The van der Waals surface area contributed by atoms with Crippen LogP contribution in [0.1, 0.15) is 33.6 Å². The third kappa shape index (κ3) is 5.71. The minimum atomic E-state index is -3.55. The number of nitrogens with one attached hydrogen (secondary N) is 1. The van der Waals surface area contributed by atoms with E-state index in [0.29, 0.717) is 34.5 Å². The van der Waals surface area contributed by atoms with Gasteiger partial charge in [-0.3, -0.25) is 4.79 Å². The molecule has 6 nitrogen and oxygen atoms in total. The van der Waals surface area contributed by atoms with Crippen LogP contribution in [0.25, 0.3) is 10.8 Å². The molecule has 1 aliphatic rings. The second-order valence-electron chi connectivity index (χ2n) is 9.33. The SMILES string of the molecule is COc1cccc(C(=O)NCc2ccc(S(=O)(=O)N3CCC(Cc4cccc5ccccc45)CC3)s2)c1. The quantitative estimate of drug-likeness (QED) is 0.325. The lowest BCUT2D eigenvalue weighted by Crippen LogP contribution is -2.38. The second-order valence-corrected chi connectivity index (χ2v) is 12.7. The van der Waals surface area contributed by atoms with Gasteiger partial charge >= 0.3 is 0 Å². The molecule has 0 bridgehead atoms. The summed E-state index contributed by atoms with van der Waals surface area (Å²) in [5.74, 6) is 0.839. The Morgan fingerprint density at radius 3 is 2.57 bits per heavy atom. The third-order valence-corrected chi connectivity index (χ3v) is 10.4. The van der Waals surface area contributed by atoms with Gasteiger partial charge in [-0.25, -0.2) is 8.42 Å². The molecule has 0 atom stereocenters.